The molecule has 0 spiro atoms. The fourth-order valence-corrected chi connectivity index (χ4v) is 1.07. The number of nitrogens with two attached hydrogens (primary N) is 1. The van der Waals surface area contributed by atoms with Crippen molar-refractivity contribution in [3.63, 3.8) is 0 Å². The van der Waals surface area contributed by atoms with Crippen LogP contribution in [0, 0.1) is 0 Å². The monoisotopic (exact) mass is 190 g/mol. The number of carbonyl (C=O) groups is 1. The van der Waals surface area contributed by atoms with Crippen LogP contribution in [0.3, 0.4) is 0 Å². The first kappa shape index (κ1) is 10.2. The first-order valence-corrected chi connectivity index (χ1v) is 4.11. The van der Waals surface area contributed by atoms with Crippen LogP contribution in [0.2, 0.25) is 0 Å². The van der Waals surface area contributed by atoms with E-state index in [0.29, 0.717) is 18.4 Å². The Morgan fingerprint density at radius 3 is 2.64 bits per heavy atom. The van der Waals surface area contributed by atoms with Gasteiger partial charge in [0.05, 0.1) is 6.04 Å². The highest BCUT2D eigenvalue weighted by atomic mass is 16.1. The van der Waals surface area contributed by atoms with Crippen LogP contribution in [-0.2, 0) is 11.2 Å². The van der Waals surface area contributed by atoms with Crippen LogP contribution in [0.15, 0.2) is 29.4 Å². The van der Waals surface area contributed by atoms with E-state index in [-0.39, 0.29) is 0 Å². The van der Waals surface area contributed by atoms with Crippen molar-refractivity contribution in [2.45, 2.75) is 12.5 Å². The fourth-order valence-electron chi connectivity index (χ4n) is 1.07. The predicted octanol–water partition coefficient (Wildman–Crippen LogP) is 1.70. The Labute approximate surface area is 81.2 Å². The number of rotatable bonds is 4. The number of aldehydes is 1. The van der Waals surface area contributed by atoms with Crippen molar-refractivity contribution in [2.24, 2.45) is 10.8 Å². The molecule has 0 aliphatic heterocycles. The molecule has 0 saturated heterocycles. The fraction of sp³-hybridized carbons (Fsp3) is 0.222. The summed E-state index contributed by atoms with van der Waals surface area (Å²) in [5.74, 6) is 0. The predicted molar refractivity (Wildman–Crippen MR) is 53.0 cm³/mol. The first-order chi connectivity index (χ1) is 6.76. The summed E-state index contributed by atoms with van der Waals surface area (Å²) >= 11 is 0. The van der Waals surface area contributed by atoms with Gasteiger partial charge < -0.3 is 10.5 Å². The lowest BCUT2D eigenvalue weighted by atomic mass is 10.1. The Bertz CT molecular complexity index is 354. The molecule has 0 bridgehead atoms. The molecule has 0 heterocycles. The van der Waals surface area contributed by atoms with E-state index in [0.717, 1.165) is 5.56 Å². The molecule has 0 aliphatic carbocycles. The van der Waals surface area contributed by atoms with Gasteiger partial charge >= 0.3 is 0 Å². The van der Waals surface area contributed by atoms with Crippen molar-refractivity contribution in [2.75, 3.05) is 0 Å². The molecule has 1 aromatic rings. The normalized spacial score (nSPS) is 11.5. The van der Waals surface area contributed by atoms with E-state index >= 15 is 0 Å². The second-order valence-corrected chi connectivity index (χ2v) is 2.86. The minimum atomic E-state index is -0.472. The van der Waals surface area contributed by atoms with Gasteiger partial charge in [-0.25, -0.2) is 0 Å². The van der Waals surface area contributed by atoms with Gasteiger partial charge in [-0.3, -0.25) is 0 Å². The molecular formula is C9H10N4O. The van der Waals surface area contributed by atoms with Gasteiger partial charge in [0, 0.05) is 10.6 Å². The van der Waals surface area contributed by atoms with Crippen LogP contribution in [-0.4, -0.2) is 12.3 Å². The number of hydrogen-bond donors (Lipinski definition) is 1. The Hall–Kier alpha value is -1.84. The zero-order valence-electron chi connectivity index (χ0n) is 7.50. The summed E-state index contributed by atoms with van der Waals surface area (Å²) in [6.07, 6.45) is 1.21. The highest BCUT2D eigenvalue weighted by molar-refractivity contribution is 5.58. The minimum Gasteiger partial charge on any atom is -0.321 e. The van der Waals surface area contributed by atoms with Crippen LogP contribution in [0.25, 0.3) is 10.4 Å². The molecule has 1 aromatic carbocycles. The molecule has 2 N–H and O–H groups in total. The zero-order valence-corrected chi connectivity index (χ0v) is 7.50. The van der Waals surface area contributed by atoms with E-state index in [2.05, 4.69) is 10.0 Å². The van der Waals surface area contributed by atoms with Crippen molar-refractivity contribution in [1.82, 2.24) is 0 Å². The van der Waals surface area contributed by atoms with Crippen LogP contribution in [0.5, 0.6) is 0 Å². The third-order valence-electron chi connectivity index (χ3n) is 1.74. The smallest absolute Gasteiger partial charge is 0.137 e. The first-order valence-electron chi connectivity index (χ1n) is 4.11. The summed E-state index contributed by atoms with van der Waals surface area (Å²) in [6.45, 7) is 0. The Morgan fingerprint density at radius 1 is 1.50 bits per heavy atom. The third kappa shape index (κ3) is 2.90. The number of nitrogens with zero attached hydrogens (tertiary/aromatic N) is 3. The lowest BCUT2D eigenvalue weighted by Crippen LogP contribution is -2.23. The summed E-state index contributed by atoms with van der Waals surface area (Å²) in [7, 11) is 0. The van der Waals surface area contributed by atoms with Gasteiger partial charge in [-0.2, -0.15) is 0 Å². The summed E-state index contributed by atoms with van der Waals surface area (Å²) in [4.78, 5) is 12.9. The zero-order chi connectivity index (χ0) is 10.4. The third-order valence-corrected chi connectivity index (χ3v) is 1.74. The van der Waals surface area contributed by atoms with E-state index in [1.54, 1.807) is 24.3 Å². The largest absolute Gasteiger partial charge is 0.321 e. The van der Waals surface area contributed by atoms with E-state index in [1.165, 1.54) is 0 Å². The van der Waals surface area contributed by atoms with Gasteiger partial charge in [-0.15, -0.1) is 0 Å². The summed E-state index contributed by atoms with van der Waals surface area (Å²) in [5.41, 5.74) is 15.1. The number of carbonyl (C=O) groups excluding carboxylic acids is 1. The Balaban J connectivity index is 2.72. The Morgan fingerprint density at radius 2 is 2.14 bits per heavy atom. The quantitative estimate of drug-likeness (QED) is 0.338. The maximum Gasteiger partial charge on any atom is 0.137 e. The molecule has 72 valence electrons. The van der Waals surface area contributed by atoms with Crippen LogP contribution in [0.4, 0.5) is 5.69 Å². The van der Waals surface area contributed by atoms with E-state index in [4.69, 9.17) is 11.3 Å². The van der Waals surface area contributed by atoms with Crippen molar-refractivity contribution in [3.8, 4) is 0 Å². The van der Waals surface area contributed by atoms with Crippen molar-refractivity contribution in [3.05, 3.63) is 40.3 Å². The van der Waals surface area contributed by atoms with Crippen molar-refractivity contribution < 1.29 is 4.79 Å². The number of azide groups is 1. The molecule has 1 atom stereocenters. The molecule has 5 nitrogen and oxygen atoms in total. The molecule has 0 aliphatic rings. The lowest BCUT2D eigenvalue weighted by Gasteiger charge is -2.03. The summed E-state index contributed by atoms with van der Waals surface area (Å²) < 4.78 is 0. The second kappa shape index (κ2) is 5.01. The average Bonchev–Trinajstić information content (AvgIpc) is 2.21. The van der Waals surface area contributed by atoms with Crippen molar-refractivity contribution in [1.29, 1.82) is 0 Å². The minimum absolute atomic E-state index is 0.472. The number of hydrogen-bond acceptors (Lipinski definition) is 3. The standard InChI is InChI=1S/C9H10N4O/c10-8(6-14)5-7-1-3-9(4-2-7)12-13-11/h1-4,6,8H,5,10H2/t8-/m0/s1. The van der Waals surface area contributed by atoms with Gasteiger partial charge in [-0.05, 0) is 17.5 Å². The molecule has 5 heteroatoms. The van der Waals surface area contributed by atoms with Crippen LogP contribution >= 0.6 is 0 Å². The Kier molecular flexibility index (Phi) is 3.67. The molecule has 1 rings (SSSR count). The second-order valence-electron chi connectivity index (χ2n) is 2.86. The van der Waals surface area contributed by atoms with E-state index < -0.39 is 6.04 Å². The molecule has 0 radical (unpaired) electrons. The SMILES string of the molecule is [N-]=[N+]=Nc1ccc(C[C@H](N)C=O)cc1. The van der Waals surface area contributed by atoms with E-state index in [1.807, 2.05) is 0 Å². The maximum absolute atomic E-state index is 10.3. The lowest BCUT2D eigenvalue weighted by molar-refractivity contribution is -0.108. The van der Waals surface area contributed by atoms with E-state index in [9.17, 15) is 4.79 Å². The van der Waals surface area contributed by atoms with Gasteiger partial charge in [0.15, 0.2) is 0 Å². The molecule has 14 heavy (non-hydrogen) atoms. The van der Waals surface area contributed by atoms with Crippen LogP contribution < -0.4 is 5.73 Å². The molecule has 0 saturated carbocycles. The highest BCUT2D eigenvalue weighted by Gasteiger charge is 2.01. The summed E-state index contributed by atoms with van der Waals surface area (Å²) in [6, 6.07) is 6.47. The highest BCUT2D eigenvalue weighted by Crippen LogP contribution is 2.13. The van der Waals surface area contributed by atoms with Gasteiger partial charge in [0.2, 0.25) is 0 Å². The average molecular weight is 190 g/mol. The van der Waals surface area contributed by atoms with Crippen LogP contribution in [0.1, 0.15) is 5.56 Å². The summed E-state index contributed by atoms with van der Waals surface area (Å²) in [5, 5.41) is 3.43. The molecule has 0 unspecified atom stereocenters. The molecule has 0 amide bonds. The molecule has 0 aromatic heterocycles. The van der Waals surface area contributed by atoms with Gasteiger partial charge in [-0.1, -0.05) is 29.4 Å². The topological polar surface area (TPSA) is 91.8 Å². The number of benzene rings is 1. The molecular weight excluding hydrogens is 180 g/mol. The van der Waals surface area contributed by atoms with Gasteiger partial charge in [0.25, 0.3) is 0 Å². The van der Waals surface area contributed by atoms with Gasteiger partial charge in [0.1, 0.15) is 6.29 Å². The maximum atomic E-state index is 10.3. The van der Waals surface area contributed by atoms with Crippen molar-refractivity contribution >= 4 is 12.0 Å². The molecule has 0 fully saturated rings.